The number of H-pyrrole nitrogens is 1. The average molecular weight is 348 g/mol. The summed E-state index contributed by atoms with van der Waals surface area (Å²) in [4.78, 5) is 14.8. The monoisotopic (exact) mass is 348 g/mol. The van der Waals surface area contributed by atoms with Crippen LogP contribution in [0.25, 0.3) is 0 Å². The number of rotatable bonds is 4. The maximum Gasteiger partial charge on any atom is 0.354 e. The van der Waals surface area contributed by atoms with Crippen LogP contribution >= 0.6 is 0 Å². The third-order valence-corrected chi connectivity index (χ3v) is 6.15. The van der Waals surface area contributed by atoms with Crippen molar-refractivity contribution >= 4 is 16.0 Å². The van der Waals surface area contributed by atoms with Gasteiger partial charge >= 0.3 is 5.97 Å². The van der Waals surface area contributed by atoms with Gasteiger partial charge in [0.2, 0.25) is 10.0 Å². The first-order valence-electron chi connectivity index (χ1n) is 7.87. The smallest absolute Gasteiger partial charge is 0.354 e. The Morgan fingerprint density at radius 1 is 1.29 bits per heavy atom. The lowest BCUT2D eigenvalue weighted by Gasteiger charge is -2.27. The summed E-state index contributed by atoms with van der Waals surface area (Å²) in [6, 6.07) is 9.22. The molecule has 1 aliphatic rings. The number of nitrogens with zero attached hydrogens (tertiary/aromatic N) is 1. The molecule has 0 radical (unpaired) electrons. The van der Waals surface area contributed by atoms with Gasteiger partial charge in [0, 0.05) is 18.8 Å². The number of hydrogen-bond acceptors (Lipinski definition) is 4. The minimum atomic E-state index is -3.67. The molecular formula is C17H20N2O4S. The minimum Gasteiger partial charge on any atom is -0.461 e. The summed E-state index contributed by atoms with van der Waals surface area (Å²) in [5.74, 6) is -0.550. The van der Waals surface area contributed by atoms with Gasteiger partial charge in [0.05, 0.1) is 6.61 Å². The lowest BCUT2D eigenvalue weighted by molar-refractivity contribution is 0.0520. The highest BCUT2D eigenvalue weighted by molar-refractivity contribution is 7.89. The molecule has 24 heavy (non-hydrogen) atoms. The zero-order valence-corrected chi connectivity index (χ0v) is 14.5. The normalized spacial score (nSPS) is 15.1. The molecule has 0 amide bonds. The van der Waals surface area contributed by atoms with Gasteiger partial charge in [-0.2, -0.15) is 4.31 Å². The van der Waals surface area contributed by atoms with Gasteiger partial charge < -0.3 is 9.72 Å². The summed E-state index contributed by atoms with van der Waals surface area (Å²) in [6.07, 6.45) is 0.684. The van der Waals surface area contributed by atoms with Gasteiger partial charge in [-0.15, -0.1) is 0 Å². The summed E-state index contributed by atoms with van der Waals surface area (Å²) in [6.45, 7) is 4.36. The van der Waals surface area contributed by atoms with Crippen molar-refractivity contribution in [2.24, 2.45) is 0 Å². The largest absolute Gasteiger partial charge is 0.461 e. The topological polar surface area (TPSA) is 79.5 Å². The molecule has 1 aromatic heterocycles. The Balaban J connectivity index is 1.90. The van der Waals surface area contributed by atoms with Crippen LogP contribution in [0.5, 0.6) is 0 Å². The summed E-state index contributed by atoms with van der Waals surface area (Å²) in [5.41, 5.74) is 2.80. The number of carbonyl (C=O) groups is 1. The van der Waals surface area contributed by atoms with Crippen molar-refractivity contribution in [3.05, 3.63) is 52.8 Å². The molecule has 0 atom stereocenters. The molecule has 0 aliphatic carbocycles. The molecule has 6 nitrogen and oxygen atoms in total. The highest BCUT2D eigenvalue weighted by Gasteiger charge is 2.31. The molecule has 3 rings (SSSR count). The molecule has 2 aromatic rings. The van der Waals surface area contributed by atoms with E-state index < -0.39 is 16.0 Å². The Bertz CT molecular complexity index is 870. The van der Waals surface area contributed by atoms with Crippen LogP contribution in [-0.2, 0) is 27.7 Å². The van der Waals surface area contributed by atoms with Crippen LogP contribution in [0.15, 0.2) is 35.2 Å². The second-order valence-electron chi connectivity index (χ2n) is 5.75. The van der Waals surface area contributed by atoms with Crippen molar-refractivity contribution in [3.8, 4) is 0 Å². The van der Waals surface area contributed by atoms with E-state index in [1.54, 1.807) is 13.8 Å². The van der Waals surface area contributed by atoms with E-state index in [4.69, 9.17) is 4.74 Å². The molecule has 2 heterocycles. The summed E-state index contributed by atoms with van der Waals surface area (Å²) >= 11 is 0. The van der Waals surface area contributed by atoms with E-state index in [1.807, 2.05) is 24.3 Å². The summed E-state index contributed by atoms with van der Waals surface area (Å²) in [5, 5.41) is 0. The van der Waals surface area contributed by atoms with E-state index in [9.17, 15) is 13.2 Å². The zero-order valence-electron chi connectivity index (χ0n) is 13.7. The van der Waals surface area contributed by atoms with Crippen LogP contribution in [0.3, 0.4) is 0 Å². The lowest BCUT2D eigenvalue weighted by atomic mass is 10.0. The molecule has 0 spiro atoms. The minimum absolute atomic E-state index is 0.130. The molecule has 0 saturated heterocycles. The van der Waals surface area contributed by atoms with Crippen molar-refractivity contribution in [2.75, 3.05) is 13.2 Å². The van der Waals surface area contributed by atoms with Crippen molar-refractivity contribution in [1.82, 2.24) is 9.29 Å². The Kier molecular flexibility index (Phi) is 4.47. The van der Waals surface area contributed by atoms with E-state index >= 15 is 0 Å². The first-order valence-corrected chi connectivity index (χ1v) is 9.31. The van der Waals surface area contributed by atoms with Gasteiger partial charge in [-0.05, 0) is 37.5 Å². The van der Waals surface area contributed by atoms with Gasteiger partial charge in [-0.25, -0.2) is 13.2 Å². The van der Waals surface area contributed by atoms with E-state index in [2.05, 4.69) is 4.98 Å². The zero-order chi connectivity index (χ0) is 17.3. The third kappa shape index (κ3) is 2.97. The molecule has 128 valence electrons. The predicted molar refractivity (Wildman–Crippen MR) is 89.2 cm³/mol. The molecular weight excluding hydrogens is 328 g/mol. The lowest BCUT2D eigenvalue weighted by Crippen LogP contribution is -2.36. The molecule has 7 heteroatoms. The van der Waals surface area contributed by atoms with Gasteiger partial charge in [-0.1, -0.05) is 24.3 Å². The number of hydrogen-bond donors (Lipinski definition) is 1. The number of aryl methyl sites for hydroxylation is 1. The standard InChI is InChI=1S/C17H20N2O4S/c1-3-23-17(20)15-10-16(12(2)18-15)24(21,22)19-9-8-13-6-4-5-7-14(13)11-19/h4-7,10,18H,3,8-9,11H2,1-2H3. The first-order chi connectivity index (χ1) is 11.4. The maximum atomic E-state index is 13.0. The fourth-order valence-electron chi connectivity index (χ4n) is 2.94. The van der Waals surface area contributed by atoms with Crippen LogP contribution in [0.4, 0.5) is 0 Å². The molecule has 1 N–H and O–H groups in total. The van der Waals surface area contributed by atoms with Crippen molar-refractivity contribution in [2.45, 2.75) is 31.7 Å². The Labute approximate surface area is 141 Å². The van der Waals surface area contributed by atoms with Crippen LogP contribution in [0.2, 0.25) is 0 Å². The average Bonchev–Trinajstić information content (AvgIpc) is 2.97. The number of nitrogens with one attached hydrogen (secondary N) is 1. The molecule has 0 bridgehead atoms. The summed E-state index contributed by atoms with van der Waals surface area (Å²) < 4.78 is 32.3. The Morgan fingerprint density at radius 3 is 2.71 bits per heavy atom. The van der Waals surface area contributed by atoms with Gasteiger partial charge in [0.1, 0.15) is 10.6 Å². The SMILES string of the molecule is CCOC(=O)c1cc(S(=O)(=O)N2CCc3ccccc3C2)c(C)[nH]1. The van der Waals surface area contributed by atoms with E-state index in [-0.39, 0.29) is 17.2 Å². The molecule has 1 aromatic carbocycles. The van der Waals surface area contributed by atoms with Gasteiger partial charge in [0.15, 0.2) is 0 Å². The fourth-order valence-corrected chi connectivity index (χ4v) is 4.56. The van der Waals surface area contributed by atoms with E-state index in [0.29, 0.717) is 25.2 Å². The number of aromatic amines is 1. The van der Waals surface area contributed by atoms with Crippen LogP contribution in [0, 0.1) is 6.92 Å². The molecule has 1 aliphatic heterocycles. The van der Waals surface area contributed by atoms with E-state index in [0.717, 1.165) is 5.56 Å². The second kappa shape index (κ2) is 6.41. The van der Waals surface area contributed by atoms with Gasteiger partial charge in [-0.3, -0.25) is 0 Å². The first kappa shape index (κ1) is 16.7. The number of esters is 1. The van der Waals surface area contributed by atoms with Crippen LogP contribution < -0.4 is 0 Å². The Hall–Kier alpha value is -2.12. The molecule has 0 saturated carbocycles. The predicted octanol–water partition coefficient (Wildman–Crippen LogP) is 2.25. The Morgan fingerprint density at radius 2 is 2.00 bits per heavy atom. The van der Waals surface area contributed by atoms with Crippen molar-refractivity contribution in [3.63, 3.8) is 0 Å². The highest BCUT2D eigenvalue weighted by atomic mass is 32.2. The number of aromatic nitrogens is 1. The fraction of sp³-hybridized carbons (Fsp3) is 0.353. The quantitative estimate of drug-likeness (QED) is 0.860. The number of ether oxygens (including phenoxy) is 1. The summed E-state index contributed by atoms with van der Waals surface area (Å²) in [7, 11) is -3.67. The van der Waals surface area contributed by atoms with Crippen LogP contribution in [-0.4, -0.2) is 36.8 Å². The van der Waals surface area contributed by atoms with Gasteiger partial charge in [0.25, 0.3) is 0 Å². The maximum absolute atomic E-state index is 13.0. The number of sulfonamides is 1. The number of fused-ring (bicyclic) bond motifs is 1. The van der Waals surface area contributed by atoms with E-state index in [1.165, 1.54) is 15.9 Å². The van der Waals surface area contributed by atoms with Crippen LogP contribution in [0.1, 0.15) is 34.2 Å². The van der Waals surface area contributed by atoms with Crippen molar-refractivity contribution in [1.29, 1.82) is 0 Å². The number of benzene rings is 1. The highest BCUT2D eigenvalue weighted by Crippen LogP contribution is 2.27. The van der Waals surface area contributed by atoms with Crippen molar-refractivity contribution < 1.29 is 17.9 Å². The molecule has 0 unspecified atom stereocenters. The molecule has 0 fully saturated rings. The number of carbonyl (C=O) groups excluding carboxylic acids is 1. The second-order valence-corrected chi connectivity index (χ2v) is 7.66. The third-order valence-electron chi connectivity index (χ3n) is 4.18.